The molecule has 0 unspecified atom stereocenters. The van der Waals surface area contributed by atoms with Crippen LogP contribution in [0.1, 0.15) is 54.2 Å². The SMILES string of the molecule is CCc1cccc(C(=O)NC2CCC(Nc3nc(C)cc(N(C)C)n3)CC2)c1. The van der Waals surface area contributed by atoms with Crippen LogP contribution in [-0.4, -0.2) is 42.1 Å². The molecule has 6 heteroatoms. The smallest absolute Gasteiger partial charge is 0.251 e. The van der Waals surface area contributed by atoms with Crippen molar-refractivity contribution in [1.29, 1.82) is 0 Å². The Morgan fingerprint density at radius 2 is 1.82 bits per heavy atom. The lowest BCUT2D eigenvalue weighted by atomic mass is 9.91. The number of amides is 1. The molecule has 0 saturated heterocycles. The second-order valence-electron chi connectivity index (χ2n) is 7.81. The van der Waals surface area contributed by atoms with E-state index in [2.05, 4.69) is 33.6 Å². The maximum absolute atomic E-state index is 12.5. The van der Waals surface area contributed by atoms with Gasteiger partial charge in [-0.2, -0.15) is 4.98 Å². The molecule has 1 aromatic heterocycles. The maximum Gasteiger partial charge on any atom is 0.251 e. The van der Waals surface area contributed by atoms with Crippen LogP contribution in [0.4, 0.5) is 11.8 Å². The zero-order valence-electron chi connectivity index (χ0n) is 17.3. The van der Waals surface area contributed by atoms with Gasteiger partial charge >= 0.3 is 0 Å². The van der Waals surface area contributed by atoms with Gasteiger partial charge in [-0.3, -0.25) is 4.79 Å². The minimum Gasteiger partial charge on any atom is -0.363 e. The lowest BCUT2D eigenvalue weighted by Crippen LogP contribution is -2.40. The van der Waals surface area contributed by atoms with E-state index < -0.39 is 0 Å². The lowest BCUT2D eigenvalue weighted by molar-refractivity contribution is 0.0926. The normalized spacial score (nSPS) is 19.1. The topological polar surface area (TPSA) is 70.2 Å². The molecule has 28 heavy (non-hydrogen) atoms. The van der Waals surface area contributed by atoms with Crippen LogP contribution in [0, 0.1) is 6.92 Å². The summed E-state index contributed by atoms with van der Waals surface area (Å²) >= 11 is 0. The summed E-state index contributed by atoms with van der Waals surface area (Å²) < 4.78 is 0. The molecular weight excluding hydrogens is 350 g/mol. The van der Waals surface area contributed by atoms with Gasteiger partial charge in [0.1, 0.15) is 5.82 Å². The number of carbonyl (C=O) groups excluding carboxylic acids is 1. The van der Waals surface area contributed by atoms with Crippen LogP contribution in [-0.2, 0) is 6.42 Å². The molecule has 1 aliphatic carbocycles. The van der Waals surface area contributed by atoms with Gasteiger partial charge in [0.2, 0.25) is 5.95 Å². The molecule has 1 heterocycles. The molecule has 1 aromatic carbocycles. The van der Waals surface area contributed by atoms with E-state index in [0.29, 0.717) is 12.0 Å². The molecule has 0 spiro atoms. The molecule has 0 bridgehead atoms. The van der Waals surface area contributed by atoms with Gasteiger partial charge in [0, 0.05) is 43.5 Å². The highest BCUT2D eigenvalue weighted by atomic mass is 16.1. The van der Waals surface area contributed by atoms with Crippen LogP contribution in [0.3, 0.4) is 0 Å². The van der Waals surface area contributed by atoms with E-state index in [1.165, 1.54) is 5.56 Å². The summed E-state index contributed by atoms with van der Waals surface area (Å²) in [5.41, 5.74) is 2.90. The zero-order valence-corrected chi connectivity index (χ0v) is 17.3. The number of aromatic nitrogens is 2. The number of hydrogen-bond acceptors (Lipinski definition) is 5. The number of anilines is 2. The van der Waals surface area contributed by atoms with Crippen molar-refractivity contribution in [3.8, 4) is 0 Å². The predicted molar refractivity (Wildman–Crippen MR) is 114 cm³/mol. The third-order valence-electron chi connectivity index (χ3n) is 5.29. The highest BCUT2D eigenvalue weighted by Gasteiger charge is 2.23. The fourth-order valence-electron chi connectivity index (χ4n) is 3.61. The average molecular weight is 382 g/mol. The Labute approximate surface area is 167 Å². The molecule has 1 saturated carbocycles. The molecule has 1 aliphatic rings. The van der Waals surface area contributed by atoms with Gasteiger partial charge < -0.3 is 15.5 Å². The fraction of sp³-hybridized carbons (Fsp3) is 0.500. The molecule has 2 N–H and O–H groups in total. The van der Waals surface area contributed by atoms with E-state index >= 15 is 0 Å². The van der Waals surface area contributed by atoms with Crippen molar-refractivity contribution in [3.05, 3.63) is 47.2 Å². The molecule has 1 amide bonds. The van der Waals surface area contributed by atoms with Gasteiger partial charge in [-0.05, 0) is 56.7 Å². The van der Waals surface area contributed by atoms with Crippen molar-refractivity contribution >= 4 is 17.7 Å². The third-order valence-corrected chi connectivity index (χ3v) is 5.29. The van der Waals surface area contributed by atoms with Gasteiger partial charge in [0.25, 0.3) is 5.91 Å². The largest absolute Gasteiger partial charge is 0.363 e. The van der Waals surface area contributed by atoms with Gasteiger partial charge in [0.15, 0.2) is 0 Å². The van der Waals surface area contributed by atoms with Gasteiger partial charge in [0.05, 0.1) is 0 Å². The van der Waals surface area contributed by atoms with Crippen molar-refractivity contribution in [1.82, 2.24) is 15.3 Å². The number of carbonyl (C=O) groups is 1. The molecule has 0 radical (unpaired) electrons. The van der Waals surface area contributed by atoms with Crippen LogP contribution in [0.2, 0.25) is 0 Å². The number of aryl methyl sites for hydroxylation is 2. The van der Waals surface area contributed by atoms with Crippen LogP contribution in [0.5, 0.6) is 0 Å². The van der Waals surface area contributed by atoms with Crippen molar-refractivity contribution in [2.75, 3.05) is 24.3 Å². The van der Waals surface area contributed by atoms with Crippen LogP contribution < -0.4 is 15.5 Å². The maximum atomic E-state index is 12.5. The van der Waals surface area contributed by atoms with E-state index in [9.17, 15) is 4.79 Å². The van der Waals surface area contributed by atoms with E-state index in [1.54, 1.807) is 0 Å². The second-order valence-corrected chi connectivity index (χ2v) is 7.81. The quantitative estimate of drug-likeness (QED) is 0.801. The average Bonchev–Trinajstić information content (AvgIpc) is 2.69. The molecular formula is C22H31N5O. The number of nitrogens with one attached hydrogen (secondary N) is 2. The van der Waals surface area contributed by atoms with Crippen molar-refractivity contribution in [2.45, 2.75) is 58.0 Å². The summed E-state index contributed by atoms with van der Waals surface area (Å²) in [5, 5.41) is 6.68. The Kier molecular flexibility index (Phi) is 6.49. The van der Waals surface area contributed by atoms with E-state index in [0.717, 1.165) is 49.2 Å². The molecule has 0 aliphatic heterocycles. The summed E-state index contributed by atoms with van der Waals surface area (Å²) in [6.07, 6.45) is 4.85. The summed E-state index contributed by atoms with van der Waals surface area (Å²) in [4.78, 5) is 23.6. The van der Waals surface area contributed by atoms with E-state index in [-0.39, 0.29) is 11.9 Å². The lowest BCUT2D eigenvalue weighted by Gasteiger charge is -2.30. The predicted octanol–water partition coefficient (Wildman–Crippen LogP) is 3.57. The number of rotatable bonds is 6. The van der Waals surface area contributed by atoms with E-state index in [4.69, 9.17) is 0 Å². The molecule has 150 valence electrons. The summed E-state index contributed by atoms with van der Waals surface area (Å²) in [6.45, 7) is 4.09. The Bertz CT molecular complexity index is 812. The van der Waals surface area contributed by atoms with Crippen molar-refractivity contribution in [2.24, 2.45) is 0 Å². The fourth-order valence-corrected chi connectivity index (χ4v) is 3.61. The van der Waals surface area contributed by atoms with Gasteiger partial charge in [-0.15, -0.1) is 0 Å². The highest BCUT2D eigenvalue weighted by Crippen LogP contribution is 2.22. The number of benzene rings is 1. The van der Waals surface area contributed by atoms with Gasteiger partial charge in [-0.1, -0.05) is 19.1 Å². The third kappa shape index (κ3) is 5.21. The first-order chi connectivity index (χ1) is 13.4. The first-order valence-corrected chi connectivity index (χ1v) is 10.1. The van der Waals surface area contributed by atoms with Crippen LogP contribution >= 0.6 is 0 Å². The second kappa shape index (κ2) is 9.04. The monoisotopic (exact) mass is 381 g/mol. The zero-order chi connectivity index (χ0) is 20.1. The van der Waals surface area contributed by atoms with Gasteiger partial charge in [-0.25, -0.2) is 4.98 Å². The summed E-state index contributed by atoms with van der Waals surface area (Å²) in [5.74, 6) is 1.63. The Hall–Kier alpha value is -2.63. The first-order valence-electron chi connectivity index (χ1n) is 10.1. The van der Waals surface area contributed by atoms with Crippen molar-refractivity contribution in [3.63, 3.8) is 0 Å². The Morgan fingerprint density at radius 3 is 2.50 bits per heavy atom. The minimum absolute atomic E-state index is 0.0318. The summed E-state index contributed by atoms with van der Waals surface area (Å²) in [6, 6.07) is 10.4. The highest BCUT2D eigenvalue weighted by molar-refractivity contribution is 5.94. The molecule has 3 rings (SSSR count). The Morgan fingerprint density at radius 1 is 1.11 bits per heavy atom. The van der Waals surface area contributed by atoms with Crippen LogP contribution in [0.25, 0.3) is 0 Å². The first kappa shape index (κ1) is 20.1. The number of hydrogen-bond donors (Lipinski definition) is 2. The molecule has 0 atom stereocenters. The van der Waals surface area contributed by atoms with Crippen molar-refractivity contribution < 1.29 is 4.79 Å². The molecule has 1 fully saturated rings. The molecule has 6 nitrogen and oxygen atoms in total. The number of nitrogens with zero attached hydrogens (tertiary/aromatic N) is 3. The summed E-state index contributed by atoms with van der Waals surface area (Å²) in [7, 11) is 3.96. The molecule has 2 aromatic rings. The Balaban J connectivity index is 1.52. The standard InChI is InChI=1S/C22H31N5O/c1-5-16-7-6-8-17(14-16)21(28)24-18-9-11-19(12-10-18)25-22-23-15(2)13-20(26-22)27(3)4/h6-8,13-14,18-19H,5,9-12H2,1-4H3,(H,24,28)(H,23,25,26). The minimum atomic E-state index is 0.0318. The van der Waals surface area contributed by atoms with E-state index in [1.807, 2.05) is 50.2 Å². The van der Waals surface area contributed by atoms with Crippen LogP contribution in [0.15, 0.2) is 30.3 Å².